The highest BCUT2D eigenvalue weighted by molar-refractivity contribution is 7.91. The maximum Gasteiger partial charge on any atom is 0.237 e. The van der Waals surface area contributed by atoms with Crippen LogP contribution in [0.25, 0.3) is 0 Å². The Balaban J connectivity index is 2.08. The number of nitrogens with one attached hydrogen (secondary N) is 1. The molecular formula is C11H20N2O3S. The van der Waals surface area contributed by atoms with Crippen LogP contribution in [0, 0.1) is 0 Å². The average Bonchev–Trinajstić information content (AvgIpc) is 2.74. The highest BCUT2D eigenvalue weighted by Crippen LogP contribution is 2.28. The first-order valence-corrected chi connectivity index (χ1v) is 8.04. The van der Waals surface area contributed by atoms with E-state index in [2.05, 4.69) is 5.32 Å². The monoisotopic (exact) mass is 260 g/mol. The van der Waals surface area contributed by atoms with E-state index in [1.54, 1.807) is 0 Å². The number of rotatable bonds is 3. The predicted octanol–water partition coefficient (Wildman–Crippen LogP) is -0.0487. The topological polar surface area (TPSA) is 89.3 Å². The van der Waals surface area contributed by atoms with E-state index in [1.807, 2.05) is 0 Å². The fourth-order valence-electron chi connectivity index (χ4n) is 2.81. The van der Waals surface area contributed by atoms with E-state index in [0.717, 1.165) is 12.8 Å². The molecule has 1 heterocycles. The molecule has 0 unspecified atom stereocenters. The fraction of sp³-hybridized carbons (Fsp3) is 0.909. The average molecular weight is 260 g/mol. The standard InChI is InChI=1S/C11H20N2O3S/c12-10(14)11(13-9-3-1-2-4-9)5-7-17(15,16)8-6-11/h9,13H,1-8H2,(H2,12,14). The minimum absolute atomic E-state index is 0.0651. The highest BCUT2D eigenvalue weighted by Gasteiger charge is 2.43. The van der Waals surface area contributed by atoms with Gasteiger partial charge < -0.3 is 11.1 Å². The van der Waals surface area contributed by atoms with Gasteiger partial charge in [0.2, 0.25) is 5.91 Å². The molecule has 1 aliphatic carbocycles. The summed E-state index contributed by atoms with van der Waals surface area (Å²) in [5.41, 5.74) is 4.68. The van der Waals surface area contributed by atoms with Crippen molar-refractivity contribution in [2.45, 2.75) is 50.1 Å². The zero-order valence-corrected chi connectivity index (χ0v) is 10.8. The Hall–Kier alpha value is -0.620. The minimum Gasteiger partial charge on any atom is -0.368 e. The summed E-state index contributed by atoms with van der Waals surface area (Å²) in [4.78, 5) is 11.6. The molecule has 1 saturated carbocycles. The predicted molar refractivity (Wildman–Crippen MR) is 65.2 cm³/mol. The number of nitrogens with two attached hydrogens (primary N) is 1. The lowest BCUT2D eigenvalue weighted by Crippen LogP contribution is -2.61. The Bertz CT molecular complexity index is 385. The van der Waals surface area contributed by atoms with Gasteiger partial charge in [-0.2, -0.15) is 0 Å². The lowest BCUT2D eigenvalue weighted by molar-refractivity contribution is -0.125. The molecule has 0 radical (unpaired) electrons. The Morgan fingerprint density at radius 2 is 1.71 bits per heavy atom. The third-order valence-electron chi connectivity index (χ3n) is 3.99. The number of hydrogen-bond acceptors (Lipinski definition) is 4. The van der Waals surface area contributed by atoms with Crippen LogP contribution in [-0.4, -0.2) is 37.4 Å². The summed E-state index contributed by atoms with van der Waals surface area (Å²) in [6.07, 6.45) is 5.10. The molecule has 6 heteroatoms. The third-order valence-corrected chi connectivity index (χ3v) is 5.64. The summed E-state index contributed by atoms with van der Waals surface area (Å²) in [5, 5.41) is 3.33. The minimum atomic E-state index is -2.97. The molecule has 0 aromatic heterocycles. The van der Waals surface area contributed by atoms with Crippen LogP contribution in [0.5, 0.6) is 0 Å². The molecule has 0 atom stereocenters. The molecule has 17 heavy (non-hydrogen) atoms. The normalized spacial score (nSPS) is 28.0. The van der Waals surface area contributed by atoms with Gasteiger partial charge in [0.1, 0.15) is 9.84 Å². The van der Waals surface area contributed by atoms with Crippen LogP contribution in [0.3, 0.4) is 0 Å². The van der Waals surface area contributed by atoms with Crippen LogP contribution in [-0.2, 0) is 14.6 Å². The van der Waals surface area contributed by atoms with Gasteiger partial charge in [-0.25, -0.2) is 8.42 Å². The number of amides is 1. The largest absolute Gasteiger partial charge is 0.368 e. The number of sulfone groups is 1. The summed E-state index contributed by atoms with van der Waals surface area (Å²) in [7, 11) is -2.97. The number of carbonyl (C=O) groups is 1. The van der Waals surface area contributed by atoms with E-state index in [1.165, 1.54) is 12.8 Å². The van der Waals surface area contributed by atoms with Crippen LogP contribution < -0.4 is 11.1 Å². The zero-order valence-electron chi connectivity index (χ0n) is 9.94. The summed E-state index contributed by atoms with van der Waals surface area (Å²) < 4.78 is 22.8. The van der Waals surface area contributed by atoms with E-state index in [9.17, 15) is 13.2 Å². The van der Waals surface area contributed by atoms with Gasteiger partial charge >= 0.3 is 0 Å². The van der Waals surface area contributed by atoms with Crippen LogP contribution in [0.4, 0.5) is 0 Å². The van der Waals surface area contributed by atoms with E-state index < -0.39 is 21.3 Å². The van der Waals surface area contributed by atoms with Crippen molar-refractivity contribution < 1.29 is 13.2 Å². The van der Waals surface area contributed by atoms with E-state index >= 15 is 0 Å². The van der Waals surface area contributed by atoms with Crippen molar-refractivity contribution in [3.8, 4) is 0 Å². The van der Waals surface area contributed by atoms with Gasteiger partial charge in [0.25, 0.3) is 0 Å². The van der Waals surface area contributed by atoms with Gasteiger partial charge in [0.15, 0.2) is 0 Å². The molecule has 3 N–H and O–H groups in total. The molecule has 5 nitrogen and oxygen atoms in total. The molecule has 2 aliphatic rings. The number of carbonyl (C=O) groups excluding carboxylic acids is 1. The second-order valence-corrected chi connectivity index (χ2v) is 7.53. The van der Waals surface area contributed by atoms with Gasteiger partial charge in [-0.05, 0) is 25.7 Å². The number of hydrogen-bond donors (Lipinski definition) is 2. The molecule has 98 valence electrons. The van der Waals surface area contributed by atoms with Crippen molar-refractivity contribution in [2.75, 3.05) is 11.5 Å². The van der Waals surface area contributed by atoms with E-state index in [0.29, 0.717) is 18.9 Å². The quantitative estimate of drug-likeness (QED) is 0.744. The zero-order chi connectivity index (χ0) is 12.5. The maximum absolute atomic E-state index is 11.6. The molecule has 0 bridgehead atoms. The summed E-state index contributed by atoms with van der Waals surface area (Å²) >= 11 is 0. The first-order valence-electron chi connectivity index (χ1n) is 6.22. The molecule has 0 aromatic rings. The van der Waals surface area contributed by atoms with Crippen molar-refractivity contribution in [2.24, 2.45) is 5.73 Å². The Morgan fingerprint density at radius 3 is 2.18 bits per heavy atom. The van der Waals surface area contributed by atoms with E-state index in [4.69, 9.17) is 5.73 Å². The third kappa shape index (κ3) is 2.80. The van der Waals surface area contributed by atoms with Gasteiger partial charge in [-0.3, -0.25) is 4.79 Å². The van der Waals surface area contributed by atoms with Crippen molar-refractivity contribution in [3.05, 3.63) is 0 Å². The van der Waals surface area contributed by atoms with Gasteiger partial charge in [0.05, 0.1) is 17.0 Å². The van der Waals surface area contributed by atoms with Crippen LogP contribution >= 0.6 is 0 Å². The van der Waals surface area contributed by atoms with Crippen LogP contribution in [0.2, 0.25) is 0 Å². The Kier molecular flexibility index (Phi) is 3.45. The van der Waals surface area contributed by atoms with Crippen molar-refractivity contribution in [3.63, 3.8) is 0 Å². The summed E-state index contributed by atoms with van der Waals surface area (Å²) in [6, 6.07) is 0.323. The van der Waals surface area contributed by atoms with Gasteiger partial charge in [-0.1, -0.05) is 12.8 Å². The lowest BCUT2D eigenvalue weighted by Gasteiger charge is -2.37. The SMILES string of the molecule is NC(=O)C1(NC2CCCC2)CCS(=O)(=O)CC1. The van der Waals surface area contributed by atoms with Crippen molar-refractivity contribution in [1.29, 1.82) is 0 Å². The molecule has 2 fully saturated rings. The molecular weight excluding hydrogens is 240 g/mol. The smallest absolute Gasteiger partial charge is 0.237 e. The molecule has 1 aliphatic heterocycles. The molecule has 1 amide bonds. The fourth-order valence-corrected chi connectivity index (χ4v) is 4.33. The van der Waals surface area contributed by atoms with Crippen molar-refractivity contribution in [1.82, 2.24) is 5.32 Å². The van der Waals surface area contributed by atoms with Gasteiger partial charge in [0, 0.05) is 6.04 Å². The second kappa shape index (κ2) is 4.57. The second-order valence-electron chi connectivity index (χ2n) is 5.22. The van der Waals surface area contributed by atoms with Gasteiger partial charge in [-0.15, -0.1) is 0 Å². The Labute approximate surface area is 102 Å². The van der Waals surface area contributed by atoms with E-state index in [-0.39, 0.29) is 11.5 Å². The highest BCUT2D eigenvalue weighted by atomic mass is 32.2. The molecule has 1 saturated heterocycles. The molecule has 0 spiro atoms. The first kappa shape index (κ1) is 12.8. The van der Waals surface area contributed by atoms with Crippen LogP contribution in [0.1, 0.15) is 38.5 Å². The first-order chi connectivity index (χ1) is 7.94. The van der Waals surface area contributed by atoms with Crippen LogP contribution in [0.15, 0.2) is 0 Å². The summed E-state index contributed by atoms with van der Waals surface area (Å²) in [5.74, 6) is -0.273. The maximum atomic E-state index is 11.6. The number of primary amides is 1. The van der Waals surface area contributed by atoms with Crippen molar-refractivity contribution >= 4 is 15.7 Å². The Morgan fingerprint density at radius 1 is 1.18 bits per heavy atom. The lowest BCUT2D eigenvalue weighted by atomic mass is 9.90. The molecule has 2 rings (SSSR count). The molecule has 0 aromatic carbocycles. The summed E-state index contributed by atoms with van der Waals surface area (Å²) in [6.45, 7) is 0.